The number of ether oxygens (including phenoxy) is 1. The van der Waals surface area contributed by atoms with Gasteiger partial charge in [0.1, 0.15) is 17.2 Å². The summed E-state index contributed by atoms with van der Waals surface area (Å²) in [6.07, 6.45) is 1.32. The molecule has 1 unspecified atom stereocenters. The van der Waals surface area contributed by atoms with Crippen LogP contribution in [0.2, 0.25) is 0 Å². The summed E-state index contributed by atoms with van der Waals surface area (Å²) < 4.78 is 58.8. The molecule has 1 aromatic carbocycles. The standard InChI is InChI=1S/C27H31F2N7O3S/c1-14-15(2)31-22(12-30-14)33-21-11-18(23-25(34-21)36-26(35-23)24(28)29)32-17-7-6-16(10-20(17)40(5,37)38)19-8-9-27(3,4)13-39-19/h6-7,10-12,19,24H,8-9,13H2,1-5H3,(H3,31,32,33,34,35,36). The Bertz CT molecular complexity index is 1680. The normalized spacial score (nSPS) is 17.4. The summed E-state index contributed by atoms with van der Waals surface area (Å²) in [4.78, 5) is 19.7. The molecule has 1 atom stereocenters. The number of aromatic nitrogens is 5. The lowest BCUT2D eigenvalue weighted by atomic mass is 9.84. The first-order valence-corrected chi connectivity index (χ1v) is 14.7. The maximum absolute atomic E-state index is 13.5. The van der Waals surface area contributed by atoms with Crippen molar-refractivity contribution in [1.29, 1.82) is 0 Å². The third-order valence-electron chi connectivity index (χ3n) is 6.94. The van der Waals surface area contributed by atoms with Crippen molar-refractivity contribution in [3.8, 4) is 0 Å². The lowest BCUT2D eigenvalue weighted by molar-refractivity contribution is -0.0499. The van der Waals surface area contributed by atoms with Gasteiger partial charge in [-0.3, -0.25) is 4.98 Å². The molecular formula is C27H31F2N7O3S. The first-order chi connectivity index (χ1) is 18.8. The van der Waals surface area contributed by atoms with Crippen LogP contribution in [-0.4, -0.2) is 46.2 Å². The topological polar surface area (TPSA) is 135 Å². The van der Waals surface area contributed by atoms with Crippen molar-refractivity contribution in [2.75, 3.05) is 23.5 Å². The predicted molar refractivity (Wildman–Crippen MR) is 148 cm³/mol. The fourth-order valence-electron chi connectivity index (χ4n) is 4.57. The van der Waals surface area contributed by atoms with E-state index in [0.717, 1.165) is 30.4 Å². The molecule has 5 rings (SSSR count). The Morgan fingerprint density at radius 3 is 2.48 bits per heavy atom. The van der Waals surface area contributed by atoms with Crippen molar-refractivity contribution < 1.29 is 21.9 Å². The molecule has 1 saturated heterocycles. The number of nitrogens with one attached hydrogen (secondary N) is 3. The van der Waals surface area contributed by atoms with Crippen molar-refractivity contribution in [3.63, 3.8) is 0 Å². The van der Waals surface area contributed by atoms with Gasteiger partial charge in [0, 0.05) is 12.3 Å². The average Bonchev–Trinajstić information content (AvgIpc) is 3.31. The fourth-order valence-corrected chi connectivity index (χ4v) is 5.43. The largest absolute Gasteiger partial charge is 0.373 e. The molecule has 10 nitrogen and oxygen atoms in total. The second-order valence-corrected chi connectivity index (χ2v) is 12.9. The van der Waals surface area contributed by atoms with E-state index in [1.54, 1.807) is 18.2 Å². The number of fused-ring (bicyclic) bond motifs is 1. The Morgan fingerprint density at radius 1 is 1.05 bits per heavy atom. The molecule has 3 aromatic heterocycles. The summed E-state index contributed by atoms with van der Waals surface area (Å²) in [7, 11) is -3.68. The molecule has 212 valence electrons. The summed E-state index contributed by atoms with van der Waals surface area (Å²) >= 11 is 0. The number of sulfone groups is 1. The lowest BCUT2D eigenvalue weighted by Gasteiger charge is -2.34. The van der Waals surface area contributed by atoms with E-state index in [1.807, 2.05) is 19.9 Å². The number of imidazole rings is 1. The number of hydrogen-bond acceptors (Lipinski definition) is 9. The molecule has 0 saturated carbocycles. The van der Waals surface area contributed by atoms with Gasteiger partial charge in [-0.1, -0.05) is 19.9 Å². The van der Waals surface area contributed by atoms with E-state index in [4.69, 9.17) is 4.74 Å². The molecule has 0 aliphatic carbocycles. The number of benzene rings is 1. The number of alkyl halides is 2. The average molecular weight is 572 g/mol. The molecule has 0 bridgehead atoms. The zero-order valence-corrected chi connectivity index (χ0v) is 23.7. The van der Waals surface area contributed by atoms with Crippen LogP contribution in [0.3, 0.4) is 0 Å². The van der Waals surface area contributed by atoms with Gasteiger partial charge in [0.2, 0.25) is 0 Å². The Kier molecular flexibility index (Phi) is 7.21. The van der Waals surface area contributed by atoms with Gasteiger partial charge in [-0.25, -0.2) is 32.2 Å². The highest BCUT2D eigenvalue weighted by Crippen LogP contribution is 2.39. The Morgan fingerprint density at radius 2 is 1.82 bits per heavy atom. The number of H-pyrrole nitrogens is 1. The van der Waals surface area contributed by atoms with Crippen LogP contribution in [0.5, 0.6) is 0 Å². The van der Waals surface area contributed by atoms with Crippen molar-refractivity contribution >= 4 is 44.0 Å². The van der Waals surface area contributed by atoms with E-state index in [1.165, 1.54) is 6.20 Å². The number of rotatable bonds is 7. The number of pyridine rings is 1. The van der Waals surface area contributed by atoms with Gasteiger partial charge in [-0.2, -0.15) is 0 Å². The van der Waals surface area contributed by atoms with E-state index in [-0.39, 0.29) is 39.1 Å². The minimum absolute atomic E-state index is 0.0235. The third kappa shape index (κ3) is 5.89. The molecular weight excluding hydrogens is 540 g/mol. The summed E-state index contributed by atoms with van der Waals surface area (Å²) in [5.74, 6) is 0.114. The maximum Gasteiger partial charge on any atom is 0.295 e. The van der Waals surface area contributed by atoms with Gasteiger partial charge in [0.25, 0.3) is 6.43 Å². The summed E-state index contributed by atoms with van der Waals surface area (Å²) in [5, 5.41) is 6.14. The van der Waals surface area contributed by atoms with Gasteiger partial charge in [-0.15, -0.1) is 0 Å². The van der Waals surface area contributed by atoms with Gasteiger partial charge in [0.15, 0.2) is 21.3 Å². The Labute approximate surface area is 230 Å². The smallest absolute Gasteiger partial charge is 0.295 e. The summed E-state index contributed by atoms with van der Waals surface area (Å²) in [5.41, 5.74) is 3.12. The molecule has 3 N–H and O–H groups in total. The number of aromatic amines is 1. The Balaban J connectivity index is 1.55. The minimum Gasteiger partial charge on any atom is -0.373 e. The van der Waals surface area contributed by atoms with Crippen LogP contribution in [0.4, 0.5) is 31.8 Å². The fraction of sp³-hybridized carbons (Fsp3) is 0.407. The van der Waals surface area contributed by atoms with Gasteiger partial charge in [-0.05, 0) is 49.8 Å². The lowest BCUT2D eigenvalue weighted by Crippen LogP contribution is -2.27. The van der Waals surface area contributed by atoms with Crippen molar-refractivity contribution in [1.82, 2.24) is 24.9 Å². The number of halogens is 2. The second-order valence-electron chi connectivity index (χ2n) is 10.9. The minimum atomic E-state index is -3.68. The maximum atomic E-state index is 13.5. The highest BCUT2D eigenvalue weighted by Gasteiger charge is 2.29. The second kappa shape index (κ2) is 10.4. The Hall–Kier alpha value is -3.71. The molecule has 0 radical (unpaired) electrons. The third-order valence-corrected chi connectivity index (χ3v) is 8.08. The molecule has 0 amide bonds. The molecule has 0 spiro atoms. The number of hydrogen-bond donors (Lipinski definition) is 3. The van der Waals surface area contributed by atoms with Crippen LogP contribution < -0.4 is 10.6 Å². The zero-order valence-electron chi connectivity index (χ0n) is 22.8. The number of nitrogens with zero attached hydrogens (tertiary/aromatic N) is 4. The van der Waals surface area contributed by atoms with Crippen molar-refractivity contribution in [2.24, 2.45) is 5.41 Å². The van der Waals surface area contributed by atoms with E-state index < -0.39 is 22.1 Å². The van der Waals surface area contributed by atoms with Gasteiger partial charge < -0.3 is 20.4 Å². The highest BCUT2D eigenvalue weighted by atomic mass is 32.2. The van der Waals surface area contributed by atoms with E-state index >= 15 is 0 Å². The zero-order chi connectivity index (χ0) is 28.8. The van der Waals surface area contributed by atoms with Crippen molar-refractivity contribution in [3.05, 3.63) is 53.2 Å². The van der Waals surface area contributed by atoms with Crippen LogP contribution in [-0.2, 0) is 14.6 Å². The van der Waals surface area contributed by atoms with Gasteiger partial charge >= 0.3 is 0 Å². The van der Waals surface area contributed by atoms with Crippen LogP contribution in [0, 0.1) is 19.3 Å². The molecule has 13 heteroatoms. The molecule has 1 aliphatic rings. The molecule has 1 aliphatic heterocycles. The quantitative estimate of drug-likeness (QED) is 0.241. The SMILES string of the molecule is Cc1ncc(Nc2cc(Nc3ccc(C4CCC(C)(C)CO4)cc3S(C)(=O)=O)c3[nH]c(C(F)F)nc3n2)nc1C. The summed E-state index contributed by atoms with van der Waals surface area (Å²) in [6, 6.07) is 6.66. The molecule has 1 fully saturated rings. The van der Waals surface area contributed by atoms with Crippen LogP contribution >= 0.6 is 0 Å². The molecule has 40 heavy (non-hydrogen) atoms. The monoisotopic (exact) mass is 571 g/mol. The first-order valence-electron chi connectivity index (χ1n) is 12.8. The highest BCUT2D eigenvalue weighted by molar-refractivity contribution is 7.90. The molecule has 4 heterocycles. The van der Waals surface area contributed by atoms with Crippen molar-refractivity contribution in [2.45, 2.75) is 58.0 Å². The number of anilines is 4. The summed E-state index contributed by atoms with van der Waals surface area (Å²) in [6.45, 7) is 8.50. The van der Waals surface area contributed by atoms with Crippen LogP contribution in [0.15, 0.2) is 35.4 Å². The van der Waals surface area contributed by atoms with E-state index in [0.29, 0.717) is 23.8 Å². The molecule has 4 aromatic rings. The van der Waals surface area contributed by atoms with Crippen LogP contribution in [0.25, 0.3) is 11.2 Å². The van der Waals surface area contributed by atoms with Crippen LogP contribution in [0.1, 0.15) is 62.0 Å². The number of aryl methyl sites for hydroxylation is 2. The predicted octanol–water partition coefficient (Wildman–Crippen LogP) is 6.07. The first kappa shape index (κ1) is 27.8. The van der Waals surface area contributed by atoms with E-state index in [2.05, 4.69) is 49.4 Å². The van der Waals surface area contributed by atoms with E-state index in [9.17, 15) is 17.2 Å². The van der Waals surface area contributed by atoms with Gasteiger partial charge in [0.05, 0.1) is 46.6 Å².